The highest BCUT2D eigenvalue weighted by Crippen LogP contribution is 2.43. The molecule has 0 amide bonds. The van der Waals surface area contributed by atoms with Crippen LogP contribution in [-0.2, 0) is 0 Å². The standard InChI is InChI=1S/C66H42N2S/c1-2-12-43(13-3-1)44-22-34-51(35-23-44)68-63-20-10-8-18-58(63)61-40-47(28-38-64(61)68)45-24-30-49(31-25-45)67(52-36-37-57-55-16-5-4-14-53(55)54-15-6-7-17-56(54)60(57)42-52)50-32-26-46(27-33-50)48-29-39-66-62(41-48)59-19-9-11-21-65(59)69-66/h1-42H. The lowest BCUT2D eigenvalue weighted by molar-refractivity contribution is 1.18. The molecular weight excluding hydrogens is 853 g/mol. The Morgan fingerprint density at radius 3 is 1.35 bits per heavy atom. The van der Waals surface area contributed by atoms with Gasteiger partial charge in [0.05, 0.1) is 11.0 Å². The van der Waals surface area contributed by atoms with Gasteiger partial charge in [0.15, 0.2) is 0 Å². The van der Waals surface area contributed by atoms with E-state index < -0.39 is 0 Å². The van der Waals surface area contributed by atoms with Gasteiger partial charge in [0.1, 0.15) is 0 Å². The van der Waals surface area contributed by atoms with Crippen molar-refractivity contribution in [1.29, 1.82) is 0 Å². The molecule has 14 rings (SSSR count). The normalized spacial score (nSPS) is 11.8. The molecular formula is C66H42N2S. The van der Waals surface area contributed by atoms with Crippen LogP contribution in [0.3, 0.4) is 0 Å². The number of benzene rings is 12. The monoisotopic (exact) mass is 894 g/mol. The van der Waals surface area contributed by atoms with Crippen molar-refractivity contribution in [2.24, 2.45) is 0 Å². The minimum Gasteiger partial charge on any atom is -0.310 e. The number of thiophene rings is 1. The van der Waals surface area contributed by atoms with Gasteiger partial charge in [0.25, 0.3) is 0 Å². The zero-order chi connectivity index (χ0) is 45.4. The first kappa shape index (κ1) is 39.4. The van der Waals surface area contributed by atoms with E-state index in [2.05, 4.69) is 264 Å². The fourth-order valence-corrected chi connectivity index (χ4v) is 11.9. The van der Waals surface area contributed by atoms with Gasteiger partial charge < -0.3 is 9.47 Å². The van der Waals surface area contributed by atoms with Gasteiger partial charge in [0, 0.05) is 53.7 Å². The highest BCUT2D eigenvalue weighted by molar-refractivity contribution is 7.25. The molecule has 0 saturated carbocycles. The van der Waals surface area contributed by atoms with Crippen molar-refractivity contribution >= 4 is 103 Å². The Labute approximate surface area is 403 Å². The molecule has 12 aromatic carbocycles. The highest BCUT2D eigenvalue weighted by Gasteiger charge is 2.18. The topological polar surface area (TPSA) is 8.17 Å². The van der Waals surface area contributed by atoms with E-state index in [4.69, 9.17) is 0 Å². The minimum atomic E-state index is 1.10. The summed E-state index contributed by atoms with van der Waals surface area (Å²) in [5, 5.41) is 12.7. The molecule has 0 fully saturated rings. The van der Waals surface area contributed by atoms with E-state index in [1.165, 1.54) is 108 Å². The predicted molar refractivity (Wildman–Crippen MR) is 297 cm³/mol. The van der Waals surface area contributed by atoms with Crippen molar-refractivity contribution in [1.82, 2.24) is 4.57 Å². The van der Waals surface area contributed by atoms with Crippen LogP contribution < -0.4 is 4.90 Å². The average molecular weight is 895 g/mol. The molecule has 0 N–H and O–H groups in total. The van der Waals surface area contributed by atoms with Crippen LogP contribution in [0.4, 0.5) is 17.1 Å². The third-order valence-corrected chi connectivity index (χ3v) is 15.3. The fraction of sp³-hybridized carbons (Fsp3) is 0. The lowest BCUT2D eigenvalue weighted by Gasteiger charge is -2.27. The number of nitrogens with zero attached hydrogens (tertiary/aromatic N) is 2. The Morgan fingerprint density at radius 1 is 0.246 bits per heavy atom. The molecule has 3 heteroatoms. The molecule has 0 unspecified atom stereocenters. The lowest BCUT2D eigenvalue weighted by atomic mass is 9.94. The van der Waals surface area contributed by atoms with Gasteiger partial charge in [-0.1, -0.05) is 170 Å². The number of para-hydroxylation sites is 1. The second kappa shape index (κ2) is 16.0. The molecule has 0 saturated heterocycles. The van der Waals surface area contributed by atoms with Crippen LogP contribution in [0.15, 0.2) is 255 Å². The summed E-state index contributed by atoms with van der Waals surface area (Å²) in [5.74, 6) is 0. The SMILES string of the molecule is c1ccc(-c2ccc(-n3c4ccccc4c4cc(-c5ccc(N(c6ccc(-c7ccc8sc9ccccc9c8c7)cc6)c6ccc7c8ccccc8c8ccccc8c7c6)cc5)ccc43)cc2)cc1. The first-order chi connectivity index (χ1) is 34.2. The first-order valence-corrected chi connectivity index (χ1v) is 24.5. The van der Waals surface area contributed by atoms with Crippen LogP contribution in [0.2, 0.25) is 0 Å². The predicted octanol–water partition coefficient (Wildman–Crippen LogP) is 19.1. The van der Waals surface area contributed by atoms with Gasteiger partial charge in [-0.3, -0.25) is 0 Å². The Morgan fingerprint density at radius 2 is 0.681 bits per heavy atom. The van der Waals surface area contributed by atoms with E-state index in [0.717, 1.165) is 22.7 Å². The molecule has 0 spiro atoms. The van der Waals surface area contributed by atoms with E-state index in [-0.39, 0.29) is 0 Å². The van der Waals surface area contributed by atoms with Gasteiger partial charge in [-0.15, -0.1) is 11.3 Å². The van der Waals surface area contributed by atoms with Gasteiger partial charge in [-0.2, -0.15) is 0 Å². The third-order valence-electron chi connectivity index (χ3n) is 14.2. The van der Waals surface area contributed by atoms with Gasteiger partial charge in [-0.25, -0.2) is 0 Å². The van der Waals surface area contributed by atoms with E-state index in [9.17, 15) is 0 Å². The second-order valence-corrected chi connectivity index (χ2v) is 19.1. The molecule has 0 aliphatic carbocycles. The Bertz CT molecular complexity index is 4240. The maximum Gasteiger partial charge on any atom is 0.0541 e. The number of fused-ring (bicyclic) bond motifs is 12. The quantitative estimate of drug-likeness (QED) is 0.145. The van der Waals surface area contributed by atoms with Crippen molar-refractivity contribution in [2.45, 2.75) is 0 Å². The van der Waals surface area contributed by atoms with Crippen molar-refractivity contribution in [3.63, 3.8) is 0 Å². The molecule has 0 atom stereocenters. The summed E-state index contributed by atoms with van der Waals surface area (Å²) in [6.07, 6.45) is 0. The maximum atomic E-state index is 2.41. The Balaban J connectivity index is 0.870. The van der Waals surface area contributed by atoms with E-state index >= 15 is 0 Å². The second-order valence-electron chi connectivity index (χ2n) is 18.1. The van der Waals surface area contributed by atoms with Crippen LogP contribution in [0.5, 0.6) is 0 Å². The smallest absolute Gasteiger partial charge is 0.0541 e. The minimum absolute atomic E-state index is 1.10. The third kappa shape index (κ3) is 6.54. The molecule has 322 valence electrons. The van der Waals surface area contributed by atoms with Crippen LogP contribution in [-0.4, -0.2) is 4.57 Å². The molecule has 0 aliphatic heterocycles. The van der Waals surface area contributed by atoms with Crippen molar-refractivity contribution in [3.8, 4) is 39.1 Å². The first-order valence-electron chi connectivity index (χ1n) is 23.6. The summed E-state index contributed by atoms with van der Waals surface area (Å²) in [6.45, 7) is 0. The number of hydrogen-bond acceptors (Lipinski definition) is 2. The summed E-state index contributed by atoms with van der Waals surface area (Å²) < 4.78 is 5.04. The number of aromatic nitrogens is 1. The van der Waals surface area contributed by atoms with Gasteiger partial charge in [0.2, 0.25) is 0 Å². The van der Waals surface area contributed by atoms with Crippen LogP contribution >= 0.6 is 11.3 Å². The number of rotatable bonds is 7. The fourth-order valence-electron chi connectivity index (χ4n) is 10.9. The molecule has 2 aromatic heterocycles. The zero-order valence-electron chi connectivity index (χ0n) is 37.6. The molecule has 0 bridgehead atoms. The van der Waals surface area contributed by atoms with Gasteiger partial charge in [-0.05, 0) is 151 Å². The summed E-state index contributed by atoms with van der Waals surface area (Å²) in [6, 6.07) is 93.7. The van der Waals surface area contributed by atoms with E-state index in [1.807, 2.05) is 11.3 Å². The Hall–Kier alpha value is -8.76. The summed E-state index contributed by atoms with van der Waals surface area (Å²) >= 11 is 1.86. The molecule has 0 aliphatic rings. The summed E-state index contributed by atoms with van der Waals surface area (Å²) in [5.41, 5.74) is 14.1. The van der Waals surface area contributed by atoms with Crippen LogP contribution in [0.1, 0.15) is 0 Å². The van der Waals surface area contributed by atoms with Crippen molar-refractivity contribution < 1.29 is 0 Å². The van der Waals surface area contributed by atoms with Gasteiger partial charge >= 0.3 is 0 Å². The van der Waals surface area contributed by atoms with Crippen LogP contribution in [0.25, 0.3) is 113 Å². The number of anilines is 3. The number of hydrogen-bond donors (Lipinski definition) is 0. The zero-order valence-corrected chi connectivity index (χ0v) is 38.4. The molecule has 0 radical (unpaired) electrons. The molecule has 69 heavy (non-hydrogen) atoms. The van der Waals surface area contributed by atoms with E-state index in [0.29, 0.717) is 0 Å². The van der Waals surface area contributed by atoms with Crippen LogP contribution in [0, 0.1) is 0 Å². The summed E-state index contributed by atoms with van der Waals surface area (Å²) in [4.78, 5) is 2.41. The summed E-state index contributed by atoms with van der Waals surface area (Å²) in [7, 11) is 0. The Kier molecular flexibility index (Phi) is 9.11. The van der Waals surface area contributed by atoms with Crippen molar-refractivity contribution in [3.05, 3.63) is 255 Å². The highest BCUT2D eigenvalue weighted by atomic mass is 32.1. The maximum absolute atomic E-state index is 2.41. The lowest BCUT2D eigenvalue weighted by Crippen LogP contribution is -2.10. The van der Waals surface area contributed by atoms with E-state index in [1.54, 1.807) is 0 Å². The molecule has 2 heterocycles. The largest absolute Gasteiger partial charge is 0.310 e. The molecule has 2 nitrogen and oxygen atoms in total. The van der Waals surface area contributed by atoms with Crippen molar-refractivity contribution in [2.75, 3.05) is 4.90 Å². The molecule has 14 aromatic rings. The average Bonchev–Trinajstić information content (AvgIpc) is 3.97.